The van der Waals surface area contributed by atoms with Crippen LogP contribution in [0.4, 0.5) is 0 Å². The van der Waals surface area contributed by atoms with Gasteiger partial charge in [0.15, 0.2) is 0 Å². The highest BCUT2D eigenvalue weighted by atomic mass is 16.5. The van der Waals surface area contributed by atoms with Crippen molar-refractivity contribution in [2.24, 2.45) is 5.73 Å². The van der Waals surface area contributed by atoms with Gasteiger partial charge in [-0.15, -0.1) is 0 Å². The van der Waals surface area contributed by atoms with Crippen LogP contribution in [0.15, 0.2) is 9.32 Å². The lowest BCUT2D eigenvalue weighted by Crippen LogP contribution is -2.35. The summed E-state index contributed by atoms with van der Waals surface area (Å²) in [6, 6.07) is -0.836. The van der Waals surface area contributed by atoms with Crippen LogP contribution in [0.5, 0.6) is 0 Å². The SMILES string of the molecule is COC(=O)[C@@H](N)Cc1c(C)o[nH]c1=O. The highest BCUT2D eigenvalue weighted by Crippen LogP contribution is 2.03. The van der Waals surface area contributed by atoms with Gasteiger partial charge in [0.1, 0.15) is 11.8 Å². The fourth-order valence-corrected chi connectivity index (χ4v) is 1.10. The van der Waals surface area contributed by atoms with Crippen LogP contribution in [0.2, 0.25) is 0 Å². The zero-order chi connectivity index (χ0) is 10.7. The van der Waals surface area contributed by atoms with E-state index in [1.54, 1.807) is 6.92 Å². The number of aromatic amines is 1. The van der Waals surface area contributed by atoms with E-state index in [0.717, 1.165) is 0 Å². The Bertz CT molecular complexity index is 379. The first kappa shape index (κ1) is 10.5. The summed E-state index contributed by atoms with van der Waals surface area (Å²) in [5, 5.41) is 2.16. The smallest absolute Gasteiger partial charge is 0.322 e. The van der Waals surface area contributed by atoms with Crippen molar-refractivity contribution in [1.82, 2.24) is 5.16 Å². The van der Waals surface area contributed by atoms with Gasteiger partial charge in [-0.25, -0.2) is 0 Å². The molecule has 3 N–H and O–H groups in total. The third-order valence-corrected chi connectivity index (χ3v) is 1.92. The minimum atomic E-state index is -0.836. The van der Waals surface area contributed by atoms with Gasteiger partial charge in [-0.1, -0.05) is 0 Å². The Morgan fingerprint density at radius 2 is 2.36 bits per heavy atom. The molecule has 0 aliphatic carbocycles. The molecule has 0 radical (unpaired) electrons. The molecule has 0 bridgehead atoms. The summed E-state index contributed by atoms with van der Waals surface area (Å²) in [7, 11) is 1.24. The Morgan fingerprint density at radius 1 is 1.71 bits per heavy atom. The van der Waals surface area contributed by atoms with E-state index in [1.807, 2.05) is 0 Å². The summed E-state index contributed by atoms with van der Waals surface area (Å²) in [6.07, 6.45) is 0.115. The van der Waals surface area contributed by atoms with Gasteiger partial charge in [0.05, 0.1) is 12.7 Å². The molecule has 0 spiro atoms. The molecular formula is C8H12N2O4. The summed E-state index contributed by atoms with van der Waals surface area (Å²) in [4.78, 5) is 22.1. The number of carbonyl (C=O) groups excluding carboxylic acids is 1. The molecule has 0 aliphatic heterocycles. The molecular weight excluding hydrogens is 188 g/mol. The highest BCUT2D eigenvalue weighted by Gasteiger charge is 2.19. The molecule has 0 amide bonds. The van der Waals surface area contributed by atoms with E-state index in [2.05, 4.69) is 9.89 Å². The van der Waals surface area contributed by atoms with Crippen LogP contribution in [0, 0.1) is 6.92 Å². The van der Waals surface area contributed by atoms with Crippen molar-refractivity contribution in [3.05, 3.63) is 21.7 Å². The first-order valence-electron chi connectivity index (χ1n) is 4.06. The van der Waals surface area contributed by atoms with Crippen molar-refractivity contribution < 1.29 is 14.1 Å². The number of hydrogen-bond acceptors (Lipinski definition) is 5. The number of methoxy groups -OCH3 is 1. The molecule has 1 aromatic rings. The molecule has 1 aromatic heterocycles. The fraction of sp³-hybridized carbons (Fsp3) is 0.500. The molecule has 0 unspecified atom stereocenters. The molecule has 6 nitrogen and oxygen atoms in total. The molecule has 1 heterocycles. The number of aromatic nitrogens is 1. The van der Waals surface area contributed by atoms with Gasteiger partial charge >= 0.3 is 5.97 Å². The summed E-state index contributed by atoms with van der Waals surface area (Å²) < 4.78 is 9.20. The van der Waals surface area contributed by atoms with Gasteiger partial charge in [0.2, 0.25) is 0 Å². The van der Waals surface area contributed by atoms with E-state index >= 15 is 0 Å². The Labute approximate surface area is 80.0 Å². The van der Waals surface area contributed by atoms with Gasteiger partial charge in [0, 0.05) is 6.42 Å². The van der Waals surface area contributed by atoms with E-state index in [-0.39, 0.29) is 12.0 Å². The van der Waals surface area contributed by atoms with Crippen LogP contribution in [0.3, 0.4) is 0 Å². The second kappa shape index (κ2) is 4.10. The number of ether oxygens (including phenoxy) is 1. The standard InChI is InChI=1S/C8H12N2O4/c1-4-5(7(11)10-14-4)3-6(9)8(12)13-2/h6H,3,9H2,1-2H3,(H,10,11)/t6-/m0/s1. The monoisotopic (exact) mass is 200 g/mol. The molecule has 0 fully saturated rings. The van der Waals surface area contributed by atoms with Crippen molar-refractivity contribution in [3.8, 4) is 0 Å². The van der Waals surface area contributed by atoms with Crippen LogP contribution in [0.25, 0.3) is 0 Å². The quantitative estimate of drug-likeness (QED) is 0.630. The number of nitrogens with one attached hydrogen (secondary N) is 1. The number of aryl methyl sites for hydroxylation is 1. The molecule has 14 heavy (non-hydrogen) atoms. The van der Waals surface area contributed by atoms with Crippen LogP contribution < -0.4 is 11.3 Å². The molecule has 0 saturated heterocycles. The maximum absolute atomic E-state index is 11.1. The zero-order valence-corrected chi connectivity index (χ0v) is 7.99. The minimum Gasteiger partial charge on any atom is -0.468 e. The zero-order valence-electron chi connectivity index (χ0n) is 7.99. The van der Waals surface area contributed by atoms with Crippen molar-refractivity contribution in [1.29, 1.82) is 0 Å². The second-order valence-corrected chi connectivity index (χ2v) is 2.90. The average Bonchev–Trinajstić information content (AvgIpc) is 2.48. The van der Waals surface area contributed by atoms with Gasteiger partial charge < -0.3 is 15.0 Å². The summed E-state index contributed by atoms with van der Waals surface area (Å²) in [5.74, 6) is -0.112. The third-order valence-electron chi connectivity index (χ3n) is 1.92. The molecule has 1 atom stereocenters. The van der Waals surface area contributed by atoms with Crippen LogP contribution in [-0.2, 0) is 16.0 Å². The predicted molar refractivity (Wildman–Crippen MR) is 47.8 cm³/mol. The number of hydrogen-bond donors (Lipinski definition) is 2. The van der Waals surface area contributed by atoms with Crippen LogP contribution >= 0.6 is 0 Å². The Morgan fingerprint density at radius 3 is 2.79 bits per heavy atom. The summed E-state index contributed by atoms with van der Waals surface area (Å²) in [6.45, 7) is 1.62. The number of carbonyl (C=O) groups is 1. The van der Waals surface area contributed by atoms with Crippen molar-refractivity contribution in [2.45, 2.75) is 19.4 Å². The molecule has 0 aromatic carbocycles. The number of rotatable bonds is 3. The van der Waals surface area contributed by atoms with Crippen molar-refractivity contribution in [3.63, 3.8) is 0 Å². The molecule has 0 aliphatic rings. The lowest BCUT2D eigenvalue weighted by molar-refractivity contribution is -0.142. The fourth-order valence-electron chi connectivity index (χ4n) is 1.10. The maximum Gasteiger partial charge on any atom is 0.322 e. The van der Waals surface area contributed by atoms with Crippen molar-refractivity contribution >= 4 is 5.97 Å². The second-order valence-electron chi connectivity index (χ2n) is 2.90. The van der Waals surface area contributed by atoms with Gasteiger partial charge in [-0.2, -0.15) is 5.16 Å². The van der Waals surface area contributed by atoms with Gasteiger partial charge in [-0.05, 0) is 6.92 Å². The summed E-state index contributed by atoms with van der Waals surface area (Å²) in [5.41, 5.74) is 5.51. The molecule has 0 saturated carbocycles. The Kier molecular flexibility index (Phi) is 3.08. The molecule has 1 rings (SSSR count). The highest BCUT2D eigenvalue weighted by molar-refractivity contribution is 5.75. The normalized spacial score (nSPS) is 12.5. The first-order valence-corrected chi connectivity index (χ1v) is 4.06. The van der Waals surface area contributed by atoms with E-state index in [4.69, 9.17) is 10.3 Å². The minimum absolute atomic E-state index is 0.115. The Balaban J connectivity index is 2.79. The Hall–Kier alpha value is -1.56. The van der Waals surface area contributed by atoms with E-state index in [1.165, 1.54) is 7.11 Å². The lowest BCUT2D eigenvalue weighted by atomic mass is 10.1. The van der Waals surface area contributed by atoms with E-state index in [9.17, 15) is 9.59 Å². The average molecular weight is 200 g/mol. The number of esters is 1. The largest absolute Gasteiger partial charge is 0.468 e. The molecule has 78 valence electrons. The van der Waals surface area contributed by atoms with E-state index in [0.29, 0.717) is 11.3 Å². The van der Waals surface area contributed by atoms with E-state index < -0.39 is 12.0 Å². The topological polar surface area (TPSA) is 98.3 Å². The third kappa shape index (κ3) is 2.02. The lowest BCUT2D eigenvalue weighted by Gasteiger charge is -2.06. The molecule has 6 heteroatoms. The van der Waals surface area contributed by atoms with Crippen LogP contribution in [0.1, 0.15) is 11.3 Å². The van der Waals surface area contributed by atoms with Gasteiger partial charge in [-0.3, -0.25) is 9.59 Å². The van der Waals surface area contributed by atoms with Crippen molar-refractivity contribution in [2.75, 3.05) is 7.11 Å². The summed E-state index contributed by atoms with van der Waals surface area (Å²) >= 11 is 0. The number of H-pyrrole nitrogens is 1. The van der Waals surface area contributed by atoms with Crippen LogP contribution in [-0.4, -0.2) is 24.3 Å². The van der Waals surface area contributed by atoms with Gasteiger partial charge in [0.25, 0.3) is 5.56 Å². The number of nitrogens with two attached hydrogens (primary N) is 1. The predicted octanol–water partition coefficient (Wildman–Crippen LogP) is -0.681. The first-order chi connectivity index (χ1) is 6.56. The maximum atomic E-state index is 11.1.